The minimum absolute atomic E-state index is 0.478. The monoisotopic (exact) mass is 271 g/mol. The topological polar surface area (TPSA) is 106 Å². The largest absolute Gasteiger partial charge is 0.509 e. The Bertz CT molecular complexity index is 603. The Hall–Kier alpha value is -2.16. The second kappa shape index (κ2) is 3.92. The highest BCUT2D eigenvalue weighted by Crippen LogP contribution is 2.36. The molecule has 9 heteroatoms. The van der Waals surface area contributed by atoms with Crippen LogP contribution >= 0.6 is 0 Å². The Labute approximate surface area is 105 Å². The number of carbonyl (C=O) groups excluding carboxylic acids is 1. The van der Waals surface area contributed by atoms with Crippen molar-refractivity contribution in [3.63, 3.8) is 0 Å². The third-order valence-corrected chi connectivity index (χ3v) is 3.09. The maximum absolute atomic E-state index is 13.4. The number of rotatable bonds is 1. The molecule has 0 unspecified atom stereocenters. The number of nitrogens with zero attached hydrogens (tertiary/aromatic N) is 2. The number of halogens is 1. The van der Waals surface area contributed by atoms with Crippen LogP contribution in [0, 0.1) is 5.82 Å². The molecule has 0 saturated carbocycles. The fourth-order valence-electron chi connectivity index (χ4n) is 2.21. The number of nitrogen functional groups attached to an aromatic ring is 1. The lowest BCUT2D eigenvalue weighted by atomic mass is 10.1. The molecule has 2 aliphatic rings. The third kappa shape index (κ3) is 1.73. The van der Waals surface area contributed by atoms with E-state index in [0.29, 0.717) is 0 Å². The van der Waals surface area contributed by atoms with E-state index >= 15 is 0 Å². The minimum atomic E-state index is -0.985. The van der Waals surface area contributed by atoms with E-state index in [1.807, 2.05) is 0 Å². The SMILES string of the molecule is C[C@H]1O[C@@H](n2cc(F)c(N)nc2=O)[C@@H]2OC(=O)O[C@@H]21. The molecule has 0 bridgehead atoms. The molecule has 0 radical (unpaired) electrons. The van der Waals surface area contributed by atoms with Gasteiger partial charge in [0.1, 0.15) is 0 Å². The predicted octanol–water partition coefficient (Wildman–Crippen LogP) is -0.214. The van der Waals surface area contributed by atoms with Crippen molar-refractivity contribution in [3.05, 3.63) is 22.5 Å². The van der Waals surface area contributed by atoms with E-state index in [1.165, 1.54) is 0 Å². The minimum Gasteiger partial charge on any atom is -0.424 e. The van der Waals surface area contributed by atoms with Gasteiger partial charge in [-0.2, -0.15) is 4.98 Å². The third-order valence-electron chi connectivity index (χ3n) is 3.09. The van der Waals surface area contributed by atoms with Crippen LogP contribution in [0.2, 0.25) is 0 Å². The van der Waals surface area contributed by atoms with Crippen molar-refractivity contribution in [1.29, 1.82) is 0 Å². The summed E-state index contributed by atoms with van der Waals surface area (Å²) >= 11 is 0. The number of nitrogens with two attached hydrogens (primary N) is 1. The van der Waals surface area contributed by atoms with Gasteiger partial charge in [-0.15, -0.1) is 0 Å². The molecule has 1 aromatic rings. The number of anilines is 1. The highest BCUT2D eigenvalue weighted by atomic mass is 19.1. The highest BCUT2D eigenvalue weighted by Gasteiger charge is 2.53. The molecule has 4 atom stereocenters. The Morgan fingerprint density at radius 1 is 1.37 bits per heavy atom. The van der Waals surface area contributed by atoms with Gasteiger partial charge in [0.25, 0.3) is 0 Å². The molecule has 2 N–H and O–H groups in total. The van der Waals surface area contributed by atoms with Crippen LogP contribution in [0.15, 0.2) is 11.0 Å². The van der Waals surface area contributed by atoms with Crippen LogP contribution in [0.5, 0.6) is 0 Å². The van der Waals surface area contributed by atoms with Gasteiger partial charge in [0.15, 0.2) is 30.1 Å². The van der Waals surface area contributed by atoms with E-state index in [-0.39, 0.29) is 0 Å². The zero-order valence-electron chi connectivity index (χ0n) is 9.78. The number of ether oxygens (including phenoxy) is 3. The summed E-state index contributed by atoms with van der Waals surface area (Å²) in [6, 6.07) is 0. The molecule has 3 rings (SSSR count). The fourth-order valence-corrected chi connectivity index (χ4v) is 2.21. The molecular weight excluding hydrogens is 261 g/mol. The molecule has 19 heavy (non-hydrogen) atoms. The van der Waals surface area contributed by atoms with Crippen molar-refractivity contribution in [1.82, 2.24) is 9.55 Å². The Balaban J connectivity index is 2.01. The number of hydrogen-bond donors (Lipinski definition) is 1. The fraction of sp³-hybridized carbons (Fsp3) is 0.500. The van der Waals surface area contributed by atoms with Crippen LogP contribution < -0.4 is 11.4 Å². The standard InChI is InChI=1S/C10H10FN3O5/c1-3-5-6(19-10(16)18-5)8(17-3)14-2-4(11)7(12)13-9(14)15/h2-3,5-6,8H,1H3,(H2,12,13,15)/t3-,5-,6-,8-/m1/s1. The van der Waals surface area contributed by atoms with Gasteiger partial charge >= 0.3 is 11.8 Å². The molecule has 2 saturated heterocycles. The first-order valence-corrected chi connectivity index (χ1v) is 5.54. The summed E-state index contributed by atoms with van der Waals surface area (Å²) in [5, 5.41) is 0. The molecule has 0 aromatic carbocycles. The van der Waals surface area contributed by atoms with Crippen LogP contribution in [0.1, 0.15) is 13.2 Å². The van der Waals surface area contributed by atoms with E-state index in [9.17, 15) is 14.0 Å². The molecule has 102 valence electrons. The van der Waals surface area contributed by atoms with Gasteiger partial charge in [-0.3, -0.25) is 4.57 Å². The lowest BCUT2D eigenvalue weighted by Crippen LogP contribution is -2.34. The average molecular weight is 271 g/mol. The average Bonchev–Trinajstić information content (AvgIpc) is 2.84. The summed E-state index contributed by atoms with van der Waals surface area (Å²) in [7, 11) is 0. The maximum atomic E-state index is 13.4. The van der Waals surface area contributed by atoms with Gasteiger partial charge in [0.05, 0.1) is 12.3 Å². The van der Waals surface area contributed by atoms with Gasteiger partial charge < -0.3 is 19.9 Å². The van der Waals surface area contributed by atoms with E-state index in [1.54, 1.807) is 6.92 Å². The molecule has 1 aromatic heterocycles. The van der Waals surface area contributed by atoms with Crippen molar-refractivity contribution < 1.29 is 23.4 Å². The smallest absolute Gasteiger partial charge is 0.424 e. The van der Waals surface area contributed by atoms with Crippen molar-refractivity contribution in [2.24, 2.45) is 0 Å². The van der Waals surface area contributed by atoms with Gasteiger partial charge in [-0.25, -0.2) is 14.0 Å². The molecule has 3 heterocycles. The van der Waals surface area contributed by atoms with Gasteiger partial charge in [-0.1, -0.05) is 0 Å². The summed E-state index contributed by atoms with van der Waals surface area (Å²) in [6.45, 7) is 1.66. The van der Waals surface area contributed by atoms with Gasteiger partial charge in [0, 0.05) is 0 Å². The first kappa shape index (κ1) is 11.9. The van der Waals surface area contributed by atoms with E-state index in [2.05, 4.69) is 4.98 Å². The number of carbonyl (C=O) groups is 1. The van der Waals surface area contributed by atoms with Crippen molar-refractivity contribution in [3.8, 4) is 0 Å². The summed E-state index contributed by atoms with van der Waals surface area (Å²) < 4.78 is 29.6. The second-order valence-electron chi connectivity index (χ2n) is 4.31. The Morgan fingerprint density at radius 3 is 2.79 bits per heavy atom. The summed E-state index contributed by atoms with van der Waals surface area (Å²) in [6.07, 6.45) is -2.88. The van der Waals surface area contributed by atoms with Crippen LogP contribution in [-0.4, -0.2) is 34.0 Å². The van der Waals surface area contributed by atoms with Crippen LogP contribution in [0.4, 0.5) is 15.0 Å². The van der Waals surface area contributed by atoms with Crippen molar-refractivity contribution >= 4 is 12.0 Å². The van der Waals surface area contributed by atoms with E-state index in [0.717, 1.165) is 10.8 Å². The summed E-state index contributed by atoms with van der Waals surface area (Å²) in [5.74, 6) is -1.35. The van der Waals surface area contributed by atoms with Crippen LogP contribution in [0.3, 0.4) is 0 Å². The molecule has 0 amide bonds. The van der Waals surface area contributed by atoms with E-state index in [4.69, 9.17) is 19.9 Å². The zero-order chi connectivity index (χ0) is 13.7. The normalized spacial score (nSPS) is 32.8. The Kier molecular flexibility index (Phi) is 2.45. The highest BCUT2D eigenvalue weighted by molar-refractivity contribution is 5.63. The molecular formula is C10H10FN3O5. The van der Waals surface area contributed by atoms with Crippen LogP contribution in [-0.2, 0) is 14.2 Å². The van der Waals surface area contributed by atoms with E-state index < -0.39 is 48.0 Å². The first-order valence-electron chi connectivity index (χ1n) is 5.54. The number of hydrogen-bond acceptors (Lipinski definition) is 7. The number of aromatic nitrogens is 2. The quantitative estimate of drug-likeness (QED) is 0.704. The van der Waals surface area contributed by atoms with Crippen LogP contribution in [0.25, 0.3) is 0 Å². The lowest BCUT2D eigenvalue weighted by Gasteiger charge is -2.17. The molecule has 8 nitrogen and oxygen atoms in total. The Morgan fingerprint density at radius 2 is 2.05 bits per heavy atom. The van der Waals surface area contributed by atoms with Crippen molar-refractivity contribution in [2.45, 2.75) is 31.5 Å². The molecule has 2 aliphatic heterocycles. The van der Waals surface area contributed by atoms with Gasteiger partial charge in [0.2, 0.25) is 0 Å². The maximum Gasteiger partial charge on any atom is 0.509 e. The molecule has 0 aliphatic carbocycles. The lowest BCUT2D eigenvalue weighted by molar-refractivity contribution is -0.0524. The predicted molar refractivity (Wildman–Crippen MR) is 57.6 cm³/mol. The second-order valence-corrected chi connectivity index (χ2v) is 4.31. The summed E-state index contributed by atoms with van der Waals surface area (Å²) in [4.78, 5) is 26.1. The zero-order valence-corrected chi connectivity index (χ0v) is 9.78. The van der Waals surface area contributed by atoms with Gasteiger partial charge in [-0.05, 0) is 6.92 Å². The molecule has 0 spiro atoms. The summed E-state index contributed by atoms with van der Waals surface area (Å²) in [5.41, 5.74) is 4.40. The van der Waals surface area contributed by atoms with Crippen molar-refractivity contribution in [2.75, 3.05) is 5.73 Å². The molecule has 2 fully saturated rings. The first-order chi connectivity index (χ1) is 8.97. The number of fused-ring (bicyclic) bond motifs is 1.